The summed E-state index contributed by atoms with van der Waals surface area (Å²) in [4.78, 5) is 70.3. The summed E-state index contributed by atoms with van der Waals surface area (Å²) in [5.41, 5.74) is 31.9. The van der Waals surface area contributed by atoms with Gasteiger partial charge in [-0.25, -0.2) is 9.59 Å². The van der Waals surface area contributed by atoms with Crippen molar-refractivity contribution < 1.29 is 124 Å². The molecule has 0 bridgehead atoms. The van der Waals surface area contributed by atoms with Gasteiger partial charge in [-0.15, -0.1) is 0 Å². The van der Waals surface area contributed by atoms with Gasteiger partial charge in [-0.05, 0) is 275 Å². The number of carboxylic acid groups (broad SMARTS) is 1. The average molecular weight is 2190 g/mol. The molecule has 2 amide bonds. The maximum atomic E-state index is 12.1. The minimum atomic E-state index is -0.899. The molecule has 16 rings (SSSR count). The number of furan rings is 4. The van der Waals surface area contributed by atoms with Crippen molar-refractivity contribution in [3.8, 4) is 67.5 Å². The Morgan fingerprint density at radius 2 is 0.643 bits per heavy atom. The van der Waals surface area contributed by atoms with Crippen molar-refractivity contribution in [3.63, 3.8) is 0 Å². The Hall–Kier alpha value is -13.2. The molecule has 10 N–H and O–H groups in total. The molecule has 0 aliphatic heterocycles. The number of nitrogens with two attached hydrogens (primary N) is 2. The third-order valence-electron chi connectivity index (χ3n) is 21.3. The number of fused-ring (bicyclic) bond motifs is 4. The zero-order valence-electron chi connectivity index (χ0n) is 80.8. The van der Waals surface area contributed by atoms with E-state index in [0.717, 1.165) is 162 Å². The molecule has 0 fully saturated rings. The molecule has 16 aromatic rings. The Bertz CT molecular complexity index is 7060. The maximum Gasteiger partial charge on any atom is 1.00 e. The zero-order chi connectivity index (χ0) is 101. The maximum absolute atomic E-state index is 12.1. The van der Waals surface area contributed by atoms with Gasteiger partial charge in [0.2, 0.25) is 0 Å². The molecular weight excluding hydrogens is 2080 g/mol. The minimum Gasteiger partial charge on any atom is -0.870 e. The third kappa shape index (κ3) is 33.4. The van der Waals surface area contributed by atoms with E-state index in [1.807, 2.05) is 230 Å². The third-order valence-corrected chi connectivity index (χ3v) is 23.3. The van der Waals surface area contributed by atoms with Gasteiger partial charge < -0.3 is 98.5 Å². The first-order chi connectivity index (χ1) is 67.7. The number of carbonyl (C=O) groups excluding carboxylic acids is 5. The number of ether oxygens (including phenoxy) is 8. The Balaban J connectivity index is 0.000000188. The van der Waals surface area contributed by atoms with Crippen LogP contribution in [0.2, 0.25) is 0 Å². The van der Waals surface area contributed by atoms with Gasteiger partial charge in [0.25, 0.3) is 0 Å². The van der Waals surface area contributed by atoms with Crippen molar-refractivity contribution in [2.75, 3.05) is 19.8 Å². The van der Waals surface area contributed by atoms with E-state index in [4.69, 9.17) is 72.1 Å². The van der Waals surface area contributed by atoms with Crippen molar-refractivity contribution in [1.29, 1.82) is 0 Å². The van der Waals surface area contributed by atoms with Crippen LogP contribution in [0.5, 0.6) is 23.0 Å². The number of aromatic hydroxyl groups is 1. The summed E-state index contributed by atoms with van der Waals surface area (Å²) in [6, 6.07) is 77.3. The van der Waals surface area contributed by atoms with Crippen LogP contribution in [0.4, 0.5) is 9.59 Å². The van der Waals surface area contributed by atoms with E-state index in [2.05, 4.69) is 98.6 Å². The molecular formula is C112H111Br4LiN4O22. The summed E-state index contributed by atoms with van der Waals surface area (Å²) < 4.78 is 70.2. The second kappa shape index (κ2) is 53.8. The van der Waals surface area contributed by atoms with Crippen LogP contribution in [0.1, 0.15) is 129 Å². The van der Waals surface area contributed by atoms with Gasteiger partial charge in [-0.2, -0.15) is 0 Å². The molecule has 740 valence electrons. The number of benzene rings is 12. The van der Waals surface area contributed by atoms with Crippen molar-refractivity contribution >= 4 is 144 Å². The average Bonchev–Trinajstić information content (AvgIpc) is 1.72. The van der Waals surface area contributed by atoms with Gasteiger partial charge in [-0.3, -0.25) is 19.2 Å². The Kier molecular flexibility index (Phi) is 42.0. The van der Waals surface area contributed by atoms with Gasteiger partial charge >= 0.3 is 54.9 Å². The van der Waals surface area contributed by atoms with E-state index in [1.165, 1.54) is 0 Å². The molecule has 31 heteroatoms. The Labute approximate surface area is 874 Å². The molecule has 12 aromatic carbocycles. The molecule has 0 spiro atoms. The van der Waals surface area contributed by atoms with E-state index in [1.54, 1.807) is 76.2 Å². The number of carboxylic acids is 1. The van der Waals surface area contributed by atoms with Gasteiger partial charge in [0.05, 0.1) is 77.2 Å². The number of nitrogens with one attached hydrogen (secondary N) is 2. The minimum absolute atomic E-state index is 0. The predicted molar refractivity (Wildman–Crippen MR) is 560 cm³/mol. The van der Waals surface area contributed by atoms with E-state index < -0.39 is 29.4 Å². The standard InChI is InChI=1S/C31H32BrNO6.C26H24BrNO4.C24H20BrNO4.C21H23NO4.C10H11BrO3.Li.H2O/c1-5-36-28(34)16-23-9-10-25(32)17-27(23)38-19-21-14-24-11-12-37-29(24)26(15-21)22-8-6-7-20(13-22)18-33-30(35)39-31(2,3)4;1-2-30-25(29)13-20-6-7-22(27)14-24(20)32-16-18-11-21-8-9-31-26(21)23(12-18)19-5-3-4-17(10-19)15-28;25-20-5-4-18(11-23(27)28)22(12-20)30-14-16-9-19-6-7-29-24(19)21(10-16)17-3-1-2-15(8-17)13-26;1-21(2,3)26-20(24)22-12-14-5-4-6-16(9-14)18-11-15(13-23)10-17-7-8-25-19(17)18;1-2-14-10(13)5-7-3-4-8(11)6-9(7)12;;/h6-15,17H,5,16,18-19H2,1-4H3,(H,33,35);3-12,14H,2,13,15-16,28H2,1H3;1-10,12H,11,13-14,26H2,(H,27,28);4-11,23H,12-13H2,1-3H3,(H,22,24);3-4,6,12H,2,5H2,1H3;;1H2/q;;;;;+1;/p-1. The fourth-order valence-electron chi connectivity index (χ4n) is 15.0. The quantitative estimate of drug-likeness (QED) is 0.0120. The van der Waals surface area contributed by atoms with Crippen LogP contribution in [0.15, 0.2) is 303 Å². The SMILES string of the molecule is CC(C)(C)OC(=O)NCc1cccc(-c2cc(CO)cc3ccoc23)c1.CCOC(=O)Cc1ccc(Br)cc1O.CCOC(=O)Cc1ccc(Br)cc1OCc1cc(-c2cccc(CN)c2)c2occc2c1.CCOC(=O)Cc1ccc(Br)cc1OCc1cc(-c2cccc(CNC(=O)OC(C)(C)C)c2)c2occc2c1.NCc1cccc(-c2cc(COc3cc(Br)ccc3CC(=O)O)cc3ccoc23)c1.[Li+].[OH-]. The number of carbonyl (C=O) groups is 6. The summed E-state index contributed by atoms with van der Waals surface area (Å²) in [6.45, 7) is 19.9. The van der Waals surface area contributed by atoms with Crippen molar-refractivity contribution in [3.05, 3.63) is 352 Å². The van der Waals surface area contributed by atoms with E-state index in [0.29, 0.717) is 94.2 Å². The van der Waals surface area contributed by atoms with Gasteiger partial charge in [-0.1, -0.05) is 161 Å². The molecule has 0 aliphatic carbocycles. The molecule has 0 radical (unpaired) electrons. The number of phenols is 1. The Morgan fingerprint density at radius 3 is 0.944 bits per heavy atom. The molecule has 0 atom stereocenters. The number of rotatable bonds is 31. The zero-order valence-corrected chi connectivity index (χ0v) is 87.2. The second-order valence-electron chi connectivity index (χ2n) is 34.4. The summed E-state index contributed by atoms with van der Waals surface area (Å²) in [5, 5.41) is 37.6. The Morgan fingerprint density at radius 1 is 0.357 bits per heavy atom. The summed E-state index contributed by atoms with van der Waals surface area (Å²) >= 11 is 13.6. The number of alkyl carbamates (subject to hydrolysis) is 2. The molecule has 0 unspecified atom stereocenters. The fourth-order valence-corrected chi connectivity index (χ4v) is 16.4. The topological polar surface area (TPSA) is 396 Å². The first-order valence-corrected chi connectivity index (χ1v) is 48.6. The molecule has 4 aromatic heterocycles. The van der Waals surface area contributed by atoms with Gasteiger partial charge in [0, 0.05) is 110 Å². The van der Waals surface area contributed by atoms with Crippen LogP contribution in [0, 0.1) is 0 Å². The summed E-state index contributed by atoms with van der Waals surface area (Å²) in [7, 11) is 0. The smallest absolute Gasteiger partial charge is 0.870 e. The molecule has 26 nitrogen and oxygen atoms in total. The predicted octanol–water partition coefficient (Wildman–Crippen LogP) is 22.8. The van der Waals surface area contributed by atoms with Crippen LogP contribution in [0.25, 0.3) is 88.4 Å². The second-order valence-corrected chi connectivity index (χ2v) is 38.1. The number of hydrogen-bond acceptors (Lipinski definition) is 23. The van der Waals surface area contributed by atoms with Crippen molar-refractivity contribution in [1.82, 2.24) is 10.6 Å². The fraction of sp³-hybridized carbons (Fsp3) is 0.232. The number of amides is 2. The number of aliphatic hydroxyl groups excluding tert-OH is 1. The molecule has 4 heterocycles. The number of aliphatic hydroxyl groups is 1. The van der Waals surface area contributed by atoms with Crippen LogP contribution >= 0.6 is 63.7 Å². The first kappa shape index (κ1) is 112. The number of halogens is 4. The summed E-state index contributed by atoms with van der Waals surface area (Å²) in [5.74, 6) is 0.106. The van der Waals surface area contributed by atoms with Crippen LogP contribution < -0.4 is 55.2 Å². The van der Waals surface area contributed by atoms with Gasteiger partial charge in [0.15, 0.2) is 0 Å². The van der Waals surface area contributed by atoms with E-state index in [9.17, 15) is 39.0 Å². The first-order valence-electron chi connectivity index (χ1n) is 45.4. The number of phenolic OH excluding ortho intramolecular Hbond substituents is 1. The van der Waals surface area contributed by atoms with E-state index in [-0.39, 0.29) is 80.3 Å². The number of esters is 3. The number of aliphatic carboxylic acids is 1. The van der Waals surface area contributed by atoms with Gasteiger partial charge in [0.1, 0.15) is 76.4 Å². The normalized spacial score (nSPS) is 10.9. The van der Waals surface area contributed by atoms with Crippen molar-refractivity contribution in [2.45, 2.75) is 152 Å². The summed E-state index contributed by atoms with van der Waals surface area (Å²) in [6.07, 6.45) is 6.06. The van der Waals surface area contributed by atoms with E-state index >= 15 is 0 Å². The monoisotopic (exact) mass is 2190 g/mol. The molecule has 0 saturated carbocycles. The molecule has 143 heavy (non-hydrogen) atoms. The molecule has 0 aliphatic rings. The van der Waals surface area contributed by atoms with Crippen molar-refractivity contribution in [2.24, 2.45) is 11.5 Å². The van der Waals surface area contributed by atoms with Crippen LogP contribution in [-0.2, 0) is 121 Å². The van der Waals surface area contributed by atoms with Crippen LogP contribution in [0.3, 0.4) is 0 Å². The number of hydrogen-bond donors (Lipinski definition) is 7. The largest absolute Gasteiger partial charge is 1.00 e. The molecule has 0 saturated heterocycles. The van der Waals surface area contributed by atoms with Crippen LogP contribution in [-0.4, -0.2) is 87.9 Å².